The van der Waals surface area contributed by atoms with Gasteiger partial charge in [0.15, 0.2) is 0 Å². The molecule has 1 aliphatic carbocycles. The maximum Gasteiger partial charge on any atom is 0.405 e. The molecule has 0 aliphatic heterocycles. The van der Waals surface area contributed by atoms with Crippen molar-refractivity contribution in [1.82, 2.24) is 5.32 Å². The minimum absolute atomic E-state index is 0.0836. The molecule has 1 aliphatic rings. The molecule has 2 nitrogen and oxygen atoms in total. The van der Waals surface area contributed by atoms with Gasteiger partial charge in [-0.15, -0.1) is 0 Å². The second-order valence-corrected chi connectivity index (χ2v) is 6.33. The Hall–Kier alpha value is -0.790. The van der Waals surface area contributed by atoms with E-state index in [-0.39, 0.29) is 5.41 Å². The molecule has 0 saturated heterocycles. The van der Waals surface area contributed by atoms with Gasteiger partial charge in [-0.3, -0.25) is 4.79 Å². The van der Waals surface area contributed by atoms with E-state index >= 15 is 0 Å². The fraction of sp³-hybridized carbons (Fsp3) is 0.462. The molecule has 0 spiro atoms. The van der Waals surface area contributed by atoms with E-state index < -0.39 is 18.6 Å². The summed E-state index contributed by atoms with van der Waals surface area (Å²) in [7, 11) is 0. The Labute approximate surface area is 122 Å². The van der Waals surface area contributed by atoms with Crippen LogP contribution in [0.3, 0.4) is 0 Å². The van der Waals surface area contributed by atoms with Crippen LogP contribution in [0.4, 0.5) is 13.2 Å². The molecule has 2 rings (SSSR count). The van der Waals surface area contributed by atoms with Gasteiger partial charge < -0.3 is 5.32 Å². The Bertz CT molecular complexity index is 509. The Balaban J connectivity index is 2.16. The number of nitrogens with one attached hydrogen (secondary N) is 1. The Morgan fingerprint density at radius 3 is 2.53 bits per heavy atom. The van der Waals surface area contributed by atoms with Crippen molar-refractivity contribution >= 4 is 28.5 Å². The van der Waals surface area contributed by atoms with Crippen LogP contribution in [0.15, 0.2) is 18.2 Å². The fourth-order valence-electron chi connectivity index (χ4n) is 1.83. The van der Waals surface area contributed by atoms with Crippen LogP contribution < -0.4 is 5.32 Å². The third-order valence-electron chi connectivity index (χ3n) is 3.31. The number of alkyl halides is 3. The van der Waals surface area contributed by atoms with Gasteiger partial charge in [-0.25, -0.2) is 0 Å². The molecule has 6 heteroatoms. The second kappa shape index (κ2) is 4.96. The smallest absolute Gasteiger partial charge is 0.343 e. The van der Waals surface area contributed by atoms with Crippen molar-refractivity contribution in [1.29, 1.82) is 0 Å². The molecule has 104 valence electrons. The zero-order valence-corrected chi connectivity index (χ0v) is 12.4. The number of halogens is 4. The van der Waals surface area contributed by atoms with Crippen LogP contribution in [0.1, 0.15) is 35.7 Å². The third kappa shape index (κ3) is 3.84. The number of hydrogen-bond donors (Lipinski definition) is 1. The van der Waals surface area contributed by atoms with Gasteiger partial charge in [0.05, 0.1) is 0 Å². The minimum atomic E-state index is -4.39. The van der Waals surface area contributed by atoms with Gasteiger partial charge in [-0.1, -0.05) is 6.92 Å². The summed E-state index contributed by atoms with van der Waals surface area (Å²) in [5.74, 6) is -0.679. The molecule has 0 aromatic heterocycles. The van der Waals surface area contributed by atoms with Crippen LogP contribution in [-0.2, 0) is 5.41 Å². The van der Waals surface area contributed by atoms with Crippen molar-refractivity contribution < 1.29 is 18.0 Å². The lowest BCUT2D eigenvalue weighted by Gasteiger charge is -2.13. The van der Waals surface area contributed by atoms with Crippen LogP contribution in [0, 0.1) is 3.57 Å². The lowest BCUT2D eigenvalue weighted by atomic mass is 9.96. The normalized spacial score (nSPS) is 17.1. The van der Waals surface area contributed by atoms with Gasteiger partial charge in [0.25, 0.3) is 5.91 Å². The van der Waals surface area contributed by atoms with Crippen molar-refractivity contribution in [2.24, 2.45) is 0 Å². The lowest BCUT2D eigenvalue weighted by Crippen LogP contribution is -2.33. The molecule has 1 fully saturated rings. The molecule has 1 saturated carbocycles. The molecule has 0 atom stereocenters. The van der Waals surface area contributed by atoms with Crippen molar-refractivity contribution in [2.45, 2.75) is 31.4 Å². The van der Waals surface area contributed by atoms with E-state index in [1.807, 2.05) is 11.4 Å². The van der Waals surface area contributed by atoms with Crippen LogP contribution in [0.2, 0.25) is 0 Å². The first-order chi connectivity index (χ1) is 8.70. The summed E-state index contributed by atoms with van der Waals surface area (Å²) in [4.78, 5) is 11.7. The average Bonchev–Trinajstić information content (AvgIpc) is 3.04. The summed E-state index contributed by atoms with van der Waals surface area (Å²) in [5.41, 5.74) is 1.40. The van der Waals surface area contributed by atoms with Crippen LogP contribution in [0.25, 0.3) is 0 Å². The molecular weight excluding hydrogens is 370 g/mol. The number of hydrogen-bond acceptors (Lipinski definition) is 1. The van der Waals surface area contributed by atoms with Crippen molar-refractivity contribution in [2.75, 3.05) is 6.54 Å². The van der Waals surface area contributed by atoms with E-state index in [4.69, 9.17) is 0 Å². The highest BCUT2D eigenvalue weighted by Crippen LogP contribution is 2.48. The Morgan fingerprint density at radius 1 is 1.37 bits per heavy atom. The number of carbonyl (C=O) groups is 1. The van der Waals surface area contributed by atoms with Crippen LogP contribution in [0.5, 0.6) is 0 Å². The molecule has 0 bridgehead atoms. The maximum absolute atomic E-state index is 12.1. The van der Waals surface area contributed by atoms with Gasteiger partial charge in [-0.2, -0.15) is 13.2 Å². The Kier molecular flexibility index (Phi) is 3.81. The van der Waals surface area contributed by atoms with E-state index in [1.165, 1.54) is 0 Å². The summed E-state index contributed by atoms with van der Waals surface area (Å²) >= 11 is 2.07. The summed E-state index contributed by atoms with van der Waals surface area (Å²) in [6, 6.07) is 5.27. The lowest BCUT2D eigenvalue weighted by molar-refractivity contribution is -0.123. The number of carbonyl (C=O) groups excluding carboxylic acids is 1. The highest BCUT2D eigenvalue weighted by atomic mass is 127. The first-order valence-corrected chi connectivity index (χ1v) is 6.94. The van der Waals surface area contributed by atoms with E-state index in [1.54, 1.807) is 12.1 Å². The van der Waals surface area contributed by atoms with Crippen LogP contribution >= 0.6 is 22.6 Å². The standard InChI is InChI=1S/C13H13F3INO/c1-12(2-3-12)9-4-8(5-10(17)6-9)11(19)18-7-13(14,15)16/h4-6H,2-3,7H2,1H3,(H,18,19). The second-order valence-electron chi connectivity index (χ2n) is 5.09. The zero-order valence-electron chi connectivity index (χ0n) is 10.3. The van der Waals surface area contributed by atoms with Crippen molar-refractivity contribution in [3.8, 4) is 0 Å². The molecule has 0 radical (unpaired) electrons. The topological polar surface area (TPSA) is 29.1 Å². The van der Waals surface area contributed by atoms with E-state index in [2.05, 4.69) is 29.5 Å². The summed E-state index contributed by atoms with van der Waals surface area (Å²) in [6.07, 6.45) is -2.28. The highest BCUT2D eigenvalue weighted by Gasteiger charge is 2.39. The quantitative estimate of drug-likeness (QED) is 0.794. The molecule has 1 N–H and O–H groups in total. The van der Waals surface area contributed by atoms with Gasteiger partial charge in [0.1, 0.15) is 6.54 Å². The van der Waals surface area contributed by atoms with Gasteiger partial charge in [0.2, 0.25) is 0 Å². The first kappa shape index (κ1) is 14.6. The van der Waals surface area contributed by atoms with E-state index in [0.717, 1.165) is 22.0 Å². The number of benzene rings is 1. The van der Waals surface area contributed by atoms with Crippen molar-refractivity contribution in [3.63, 3.8) is 0 Å². The average molecular weight is 383 g/mol. The van der Waals surface area contributed by atoms with Gasteiger partial charge >= 0.3 is 6.18 Å². The van der Waals surface area contributed by atoms with E-state index in [9.17, 15) is 18.0 Å². The fourth-order valence-corrected chi connectivity index (χ4v) is 2.50. The molecule has 1 amide bonds. The highest BCUT2D eigenvalue weighted by molar-refractivity contribution is 14.1. The first-order valence-electron chi connectivity index (χ1n) is 5.86. The molecular formula is C13H13F3INO. The molecule has 1 aromatic carbocycles. The molecule has 19 heavy (non-hydrogen) atoms. The predicted octanol–water partition coefficient (Wildman–Crippen LogP) is 3.63. The van der Waals surface area contributed by atoms with Crippen molar-refractivity contribution in [3.05, 3.63) is 32.9 Å². The Morgan fingerprint density at radius 2 is 2.00 bits per heavy atom. The van der Waals surface area contributed by atoms with E-state index in [0.29, 0.717) is 5.56 Å². The molecule has 0 heterocycles. The van der Waals surface area contributed by atoms with Gasteiger partial charge in [-0.05, 0) is 64.6 Å². The largest absolute Gasteiger partial charge is 0.405 e. The molecule has 1 aromatic rings. The monoisotopic (exact) mass is 383 g/mol. The summed E-state index contributed by atoms with van der Waals surface area (Å²) in [5, 5.41) is 1.90. The number of amides is 1. The van der Waals surface area contributed by atoms with Gasteiger partial charge in [0, 0.05) is 9.13 Å². The SMILES string of the molecule is CC1(c2cc(I)cc(C(=O)NCC(F)(F)F)c2)CC1. The maximum atomic E-state index is 12.1. The summed E-state index contributed by atoms with van der Waals surface area (Å²) < 4.78 is 37.1. The molecule has 0 unspecified atom stereocenters. The zero-order chi connectivity index (χ0) is 14.3. The minimum Gasteiger partial charge on any atom is -0.343 e. The number of rotatable bonds is 3. The predicted molar refractivity (Wildman–Crippen MR) is 74.1 cm³/mol. The van der Waals surface area contributed by atoms with Crippen LogP contribution in [-0.4, -0.2) is 18.6 Å². The third-order valence-corrected chi connectivity index (χ3v) is 3.93. The summed E-state index contributed by atoms with van der Waals surface area (Å²) in [6.45, 7) is 0.791.